The fourth-order valence-electron chi connectivity index (χ4n) is 3.97. The summed E-state index contributed by atoms with van der Waals surface area (Å²) in [4.78, 5) is 32.3. The number of hydrogen-bond donors (Lipinski definition) is 2. The Morgan fingerprint density at radius 3 is 2.35 bits per heavy atom. The lowest BCUT2D eigenvalue weighted by Crippen LogP contribution is -2.52. The van der Waals surface area contributed by atoms with Gasteiger partial charge in [0.05, 0.1) is 18.1 Å². The van der Waals surface area contributed by atoms with Gasteiger partial charge in [-0.1, -0.05) is 57.7 Å². The Morgan fingerprint density at radius 2 is 1.78 bits per heavy atom. The molecule has 0 saturated carbocycles. The van der Waals surface area contributed by atoms with Crippen molar-refractivity contribution < 1.29 is 27.6 Å². The van der Waals surface area contributed by atoms with Crippen LogP contribution in [0.25, 0.3) is 0 Å². The van der Waals surface area contributed by atoms with E-state index in [0.717, 1.165) is 29.1 Å². The van der Waals surface area contributed by atoms with Crippen LogP contribution in [0.2, 0.25) is 0 Å². The molecule has 0 aliphatic carbocycles. The first-order valence-corrected chi connectivity index (χ1v) is 14.7. The molecule has 1 heterocycles. The highest BCUT2D eigenvalue weighted by atomic mass is 32.2. The second kappa shape index (κ2) is 15.1. The molecule has 9 nitrogen and oxygen atoms in total. The third-order valence-electron chi connectivity index (χ3n) is 5.81. The number of benzene rings is 1. The summed E-state index contributed by atoms with van der Waals surface area (Å²) >= 11 is 0. The van der Waals surface area contributed by atoms with Crippen LogP contribution in [0, 0.1) is 35.5 Å². The van der Waals surface area contributed by atoms with Crippen molar-refractivity contribution in [3.8, 4) is 11.8 Å². The van der Waals surface area contributed by atoms with Crippen molar-refractivity contribution in [2.45, 2.75) is 66.1 Å². The lowest BCUT2D eigenvalue weighted by atomic mass is 9.82. The van der Waals surface area contributed by atoms with E-state index in [9.17, 15) is 18.0 Å². The second-order valence-electron chi connectivity index (χ2n) is 10.3. The predicted octanol–water partition coefficient (Wildman–Crippen LogP) is 3.23. The number of hydrazine groups is 1. The van der Waals surface area contributed by atoms with Gasteiger partial charge >= 0.3 is 0 Å². The van der Waals surface area contributed by atoms with E-state index in [2.05, 4.69) is 22.7 Å². The maximum absolute atomic E-state index is 13.5. The average Bonchev–Trinajstić information content (AvgIpc) is 2.84. The van der Waals surface area contributed by atoms with Crippen molar-refractivity contribution in [3.63, 3.8) is 0 Å². The number of carbonyl (C=O) groups is 2. The van der Waals surface area contributed by atoms with E-state index in [0.29, 0.717) is 19.4 Å². The number of rotatable bonds is 12. The fourth-order valence-corrected chi connectivity index (χ4v) is 4.79. The zero-order valence-electron chi connectivity index (χ0n) is 22.5. The lowest BCUT2D eigenvalue weighted by molar-refractivity contribution is -0.203. The van der Waals surface area contributed by atoms with Crippen molar-refractivity contribution in [2.75, 3.05) is 19.4 Å². The molecule has 10 heteroatoms. The molecule has 1 unspecified atom stereocenters. The number of sulfonamides is 1. The molecule has 0 aromatic heterocycles. The van der Waals surface area contributed by atoms with Crippen LogP contribution in [-0.2, 0) is 29.2 Å². The molecule has 1 saturated heterocycles. The number of amides is 2. The number of carbonyl (C=O) groups excluding carboxylic acids is 2. The summed E-state index contributed by atoms with van der Waals surface area (Å²) in [5, 5.41) is 0. The molecule has 1 fully saturated rings. The summed E-state index contributed by atoms with van der Waals surface area (Å²) in [7, 11) is -3.71. The highest BCUT2D eigenvalue weighted by Gasteiger charge is 2.36. The molecule has 0 bridgehead atoms. The molecule has 1 aromatic carbocycles. The monoisotopic (exact) mass is 535 g/mol. The third kappa shape index (κ3) is 11.2. The van der Waals surface area contributed by atoms with Crippen molar-refractivity contribution in [1.82, 2.24) is 15.3 Å². The van der Waals surface area contributed by atoms with Crippen LogP contribution in [0.4, 0.5) is 0 Å². The summed E-state index contributed by atoms with van der Waals surface area (Å²) in [6, 6.07) is 9.35. The highest BCUT2D eigenvalue weighted by Crippen LogP contribution is 2.25. The SMILES string of the molecule is CC(C)C[C@@H](C(=O)NN(CC(C)C)S(C)(=O)=O)[C@H](CC#Cc1ccccc1)C(=O)NOC1CCCCO1. The Morgan fingerprint density at radius 1 is 1.08 bits per heavy atom. The zero-order chi connectivity index (χ0) is 27.4. The molecular weight excluding hydrogens is 494 g/mol. The van der Waals surface area contributed by atoms with Crippen LogP contribution < -0.4 is 10.9 Å². The summed E-state index contributed by atoms with van der Waals surface area (Å²) in [6.07, 6.45) is 3.48. The lowest BCUT2D eigenvalue weighted by Gasteiger charge is -2.30. The molecule has 1 aliphatic rings. The summed E-state index contributed by atoms with van der Waals surface area (Å²) in [5.41, 5.74) is 5.83. The predicted molar refractivity (Wildman–Crippen MR) is 142 cm³/mol. The summed E-state index contributed by atoms with van der Waals surface area (Å²) < 4.78 is 31.1. The van der Waals surface area contributed by atoms with Crippen LogP contribution in [-0.4, -0.2) is 50.3 Å². The van der Waals surface area contributed by atoms with E-state index in [1.54, 1.807) is 0 Å². The standard InChI is InChI=1S/C27H41N3O6S/c1-20(2)18-24(26(31)28-30(19-21(3)4)37(5,33)34)23(15-11-14-22-12-7-6-8-13-22)27(32)29-36-25-16-9-10-17-35-25/h6-8,12-13,20-21,23-25H,9-10,15-19H2,1-5H3,(H,28,31)(H,29,32)/t23-,24+,25?/m0/s1. The van der Waals surface area contributed by atoms with Crippen molar-refractivity contribution in [3.05, 3.63) is 35.9 Å². The molecule has 1 aliphatic heterocycles. The summed E-state index contributed by atoms with van der Waals surface area (Å²) in [6.45, 7) is 8.28. The van der Waals surface area contributed by atoms with E-state index in [1.807, 2.05) is 58.0 Å². The van der Waals surface area contributed by atoms with Gasteiger partial charge in [0, 0.05) is 31.6 Å². The molecule has 2 N–H and O–H groups in total. The first-order valence-electron chi connectivity index (χ1n) is 12.9. The molecule has 37 heavy (non-hydrogen) atoms. The van der Waals surface area contributed by atoms with Crippen LogP contribution in [0.3, 0.4) is 0 Å². The first-order chi connectivity index (χ1) is 17.5. The smallest absolute Gasteiger partial charge is 0.248 e. The van der Waals surface area contributed by atoms with E-state index in [-0.39, 0.29) is 24.8 Å². The highest BCUT2D eigenvalue weighted by molar-refractivity contribution is 7.88. The molecule has 0 radical (unpaired) electrons. The van der Waals surface area contributed by atoms with Crippen molar-refractivity contribution in [2.24, 2.45) is 23.7 Å². The number of hydroxylamine groups is 1. The minimum Gasteiger partial charge on any atom is -0.350 e. The number of nitrogens with one attached hydrogen (secondary N) is 2. The van der Waals surface area contributed by atoms with Gasteiger partial charge in [0.25, 0.3) is 0 Å². The molecule has 2 amide bonds. The molecular formula is C27H41N3O6S. The zero-order valence-corrected chi connectivity index (χ0v) is 23.3. The average molecular weight is 536 g/mol. The Bertz CT molecular complexity index is 1030. The maximum Gasteiger partial charge on any atom is 0.248 e. The van der Waals surface area contributed by atoms with Gasteiger partial charge in [0.15, 0.2) is 6.29 Å². The van der Waals surface area contributed by atoms with Gasteiger partial charge in [-0.15, -0.1) is 4.41 Å². The molecule has 206 valence electrons. The Hall–Kier alpha value is -2.45. The Labute approximate surface area is 221 Å². The third-order valence-corrected chi connectivity index (χ3v) is 6.85. The minimum atomic E-state index is -3.71. The van der Waals surface area contributed by atoms with Crippen LogP contribution in [0.15, 0.2) is 30.3 Å². The number of ether oxygens (including phenoxy) is 1. The van der Waals surface area contributed by atoms with E-state index in [4.69, 9.17) is 9.57 Å². The first kappa shape index (κ1) is 30.8. The topological polar surface area (TPSA) is 114 Å². The molecule has 2 rings (SSSR count). The number of hydrogen-bond acceptors (Lipinski definition) is 6. The van der Waals surface area contributed by atoms with Crippen molar-refractivity contribution in [1.29, 1.82) is 0 Å². The van der Waals surface area contributed by atoms with Gasteiger partial charge in [-0.05, 0) is 43.2 Å². The minimum absolute atomic E-state index is 0.0155. The van der Waals surface area contributed by atoms with E-state index in [1.165, 1.54) is 0 Å². The van der Waals surface area contributed by atoms with Gasteiger partial charge in [-0.2, -0.15) is 0 Å². The molecule has 0 spiro atoms. The van der Waals surface area contributed by atoms with Gasteiger partial charge in [-0.25, -0.2) is 18.7 Å². The van der Waals surface area contributed by atoms with Gasteiger partial charge < -0.3 is 4.74 Å². The fraction of sp³-hybridized carbons (Fsp3) is 0.630. The number of nitrogens with zero attached hydrogens (tertiary/aromatic N) is 1. The van der Waals surface area contributed by atoms with E-state index < -0.39 is 40.0 Å². The van der Waals surface area contributed by atoms with E-state index >= 15 is 0 Å². The quantitative estimate of drug-likeness (QED) is 0.314. The van der Waals surface area contributed by atoms with Gasteiger partial charge in [-0.3, -0.25) is 15.0 Å². The van der Waals surface area contributed by atoms with Crippen LogP contribution >= 0.6 is 0 Å². The van der Waals surface area contributed by atoms with Crippen LogP contribution in [0.1, 0.15) is 65.4 Å². The molecule has 3 atom stereocenters. The molecule has 1 aromatic rings. The second-order valence-corrected chi connectivity index (χ2v) is 12.2. The maximum atomic E-state index is 13.5. The van der Waals surface area contributed by atoms with Crippen molar-refractivity contribution >= 4 is 21.8 Å². The Kier molecular flexibility index (Phi) is 12.5. The van der Waals surface area contributed by atoms with Gasteiger partial charge in [0.2, 0.25) is 21.8 Å². The largest absolute Gasteiger partial charge is 0.350 e. The van der Waals surface area contributed by atoms with Crippen LogP contribution in [0.5, 0.6) is 0 Å². The van der Waals surface area contributed by atoms with Gasteiger partial charge in [0.1, 0.15) is 0 Å². The summed E-state index contributed by atoms with van der Waals surface area (Å²) in [5.74, 6) is 3.38. The normalized spacial score (nSPS) is 17.7. The Balaban J connectivity index is 2.30.